The van der Waals surface area contributed by atoms with E-state index in [2.05, 4.69) is 20.3 Å². The number of amides is 1. The molecule has 6 nitrogen and oxygen atoms in total. The molecule has 7 heteroatoms. The standard InChI is InChI=1S/C19H19FN4O2.C3H6.2H2/c1-10-9-21-18(11(2)22-10)12(3)23-17(25)8-14-6-13-7-15(20)4-5-16(13)24-19(14)26;1-2-3-1;;/h4-7,9,12H,8H2,1-3H3,(H,23,25)(H,24,26);1-3H2;2*1H/t12-;;;/m0.../s1. The molecule has 3 aromatic rings. The van der Waals surface area contributed by atoms with Gasteiger partial charge in [-0.05, 0) is 45.0 Å². The summed E-state index contributed by atoms with van der Waals surface area (Å²) in [6.45, 7) is 5.49. The summed E-state index contributed by atoms with van der Waals surface area (Å²) in [7, 11) is 0. The second kappa shape index (κ2) is 8.94. The highest BCUT2D eigenvalue weighted by atomic mass is 19.1. The molecule has 0 radical (unpaired) electrons. The Labute approximate surface area is 171 Å². The average molecular weight is 400 g/mol. The lowest BCUT2D eigenvalue weighted by Crippen LogP contribution is -2.31. The summed E-state index contributed by atoms with van der Waals surface area (Å²) in [5.41, 5.74) is 2.67. The van der Waals surface area contributed by atoms with E-state index in [1.807, 2.05) is 20.8 Å². The highest BCUT2D eigenvalue weighted by molar-refractivity contribution is 5.82. The summed E-state index contributed by atoms with van der Waals surface area (Å²) >= 11 is 0. The summed E-state index contributed by atoms with van der Waals surface area (Å²) in [6.07, 6.45) is 6.04. The Bertz CT molecular complexity index is 1100. The van der Waals surface area contributed by atoms with Crippen molar-refractivity contribution in [1.82, 2.24) is 20.3 Å². The molecule has 1 fully saturated rings. The lowest BCUT2D eigenvalue weighted by Gasteiger charge is -2.15. The lowest BCUT2D eigenvalue weighted by atomic mass is 10.1. The van der Waals surface area contributed by atoms with Crippen LogP contribution >= 0.6 is 0 Å². The Morgan fingerprint density at radius 2 is 2.00 bits per heavy atom. The fourth-order valence-electron chi connectivity index (χ4n) is 2.92. The van der Waals surface area contributed by atoms with Crippen LogP contribution in [-0.4, -0.2) is 20.9 Å². The van der Waals surface area contributed by atoms with Crippen molar-refractivity contribution in [2.24, 2.45) is 0 Å². The van der Waals surface area contributed by atoms with Gasteiger partial charge in [-0.25, -0.2) is 4.39 Å². The number of aromatic amines is 1. The Balaban J connectivity index is 0.000000885. The van der Waals surface area contributed by atoms with Crippen LogP contribution in [0.25, 0.3) is 10.9 Å². The minimum absolute atomic E-state index is 0. The number of benzene rings is 1. The predicted molar refractivity (Wildman–Crippen MR) is 114 cm³/mol. The van der Waals surface area contributed by atoms with Gasteiger partial charge >= 0.3 is 0 Å². The van der Waals surface area contributed by atoms with Gasteiger partial charge in [0.05, 0.1) is 29.5 Å². The molecule has 29 heavy (non-hydrogen) atoms. The number of pyridine rings is 1. The molecule has 4 rings (SSSR count). The quantitative estimate of drug-likeness (QED) is 0.688. The van der Waals surface area contributed by atoms with E-state index in [0.29, 0.717) is 16.6 Å². The summed E-state index contributed by atoms with van der Waals surface area (Å²) in [5.74, 6) is -0.720. The minimum Gasteiger partial charge on any atom is -0.348 e. The second-order valence-corrected chi connectivity index (χ2v) is 7.36. The number of nitrogens with one attached hydrogen (secondary N) is 2. The van der Waals surface area contributed by atoms with Gasteiger partial charge in [-0.3, -0.25) is 19.6 Å². The smallest absolute Gasteiger partial charge is 0.252 e. The molecule has 1 aliphatic rings. The van der Waals surface area contributed by atoms with E-state index in [4.69, 9.17) is 0 Å². The molecular weight excluding hydrogens is 371 g/mol. The van der Waals surface area contributed by atoms with E-state index in [1.54, 1.807) is 12.3 Å². The van der Waals surface area contributed by atoms with Gasteiger partial charge in [-0.2, -0.15) is 0 Å². The molecule has 1 amide bonds. The summed E-state index contributed by atoms with van der Waals surface area (Å²) < 4.78 is 13.4. The van der Waals surface area contributed by atoms with Crippen LogP contribution in [0.2, 0.25) is 0 Å². The van der Waals surface area contributed by atoms with Crippen molar-refractivity contribution in [3.8, 4) is 0 Å². The van der Waals surface area contributed by atoms with Crippen molar-refractivity contribution in [2.45, 2.75) is 52.5 Å². The van der Waals surface area contributed by atoms with Gasteiger partial charge in [0.2, 0.25) is 5.91 Å². The van der Waals surface area contributed by atoms with Crippen LogP contribution in [0, 0.1) is 19.7 Å². The van der Waals surface area contributed by atoms with Crippen molar-refractivity contribution >= 4 is 16.8 Å². The Morgan fingerprint density at radius 3 is 2.66 bits per heavy atom. The van der Waals surface area contributed by atoms with E-state index < -0.39 is 5.82 Å². The summed E-state index contributed by atoms with van der Waals surface area (Å²) in [5, 5.41) is 3.37. The van der Waals surface area contributed by atoms with Crippen molar-refractivity contribution in [3.05, 3.63) is 69.3 Å². The van der Waals surface area contributed by atoms with E-state index >= 15 is 0 Å². The number of H-pyrrole nitrogens is 1. The number of carbonyl (C=O) groups excluding carboxylic acids is 1. The lowest BCUT2D eigenvalue weighted by molar-refractivity contribution is -0.121. The zero-order valence-electron chi connectivity index (χ0n) is 16.9. The third-order valence-corrected chi connectivity index (χ3v) is 4.48. The van der Waals surface area contributed by atoms with E-state index in [9.17, 15) is 14.0 Å². The molecule has 0 aliphatic heterocycles. The van der Waals surface area contributed by atoms with Crippen molar-refractivity contribution in [2.75, 3.05) is 0 Å². The first-order chi connectivity index (χ1) is 13.8. The van der Waals surface area contributed by atoms with Gasteiger partial charge in [-0.15, -0.1) is 0 Å². The number of halogens is 1. The molecule has 1 aliphatic carbocycles. The number of fused-ring (bicyclic) bond motifs is 1. The third kappa shape index (κ3) is 5.70. The van der Waals surface area contributed by atoms with Crippen LogP contribution in [0.3, 0.4) is 0 Å². The van der Waals surface area contributed by atoms with Gasteiger partial charge in [0.25, 0.3) is 5.56 Å². The second-order valence-electron chi connectivity index (χ2n) is 7.36. The highest BCUT2D eigenvalue weighted by Gasteiger charge is 2.16. The summed E-state index contributed by atoms with van der Waals surface area (Å²) in [6, 6.07) is 5.29. The van der Waals surface area contributed by atoms with E-state index in [1.165, 1.54) is 37.5 Å². The average Bonchev–Trinajstić information content (AvgIpc) is 3.51. The molecule has 1 saturated carbocycles. The van der Waals surface area contributed by atoms with Gasteiger partial charge < -0.3 is 10.3 Å². The molecule has 1 aromatic carbocycles. The SMILES string of the molecule is C1CC1.Cc1cnc([C@H](C)NC(=O)Cc2cc3cc(F)ccc3[nH]c2=O)c(C)n1.[HH].[HH]. The molecule has 2 heterocycles. The normalized spacial score (nSPS) is 13.4. The molecule has 0 saturated heterocycles. The molecule has 2 N–H and O–H groups in total. The van der Waals surface area contributed by atoms with Crippen LogP contribution in [0.1, 0.15) is 57.7 Å². The number of aromatic nitrogens is 3. The number of carbonyl (C=O) groups is 1. The molecule has 1 atom stereocenters. The number of hydrogen-bond donors (Lipinski definition) is 2. The number of nitrogens with zero attached hydrogens (tertiary/aromatic N) is 2. The Hall–Kier alpha value is -3.09. The fourth-order valence-corrected chi connectivity index (χ4v) is 2.92. The number of aryl methyl sites for hydroxylation is 2. The first-order valence-corrected chi connectivity index (χ1v) is 9.74. The molecule has 156 valence electrons. The van der Waals surface area contributed by atoms with Crippen molar-refractivity contribution in [3.63, 3.8) is 0 Å². The molecule has 2 aromatic heterocycles. The third-order valence-electron chi connectivity index (χ3n) is 4.48. The van der Waals surface area contributed by atoms with Gasteiger partial charge in [0.1, 0.15) is 5.82 Å². The Morgan fingerprint density at radius 1 is 1.28 bits per heavy atom. The topological polar surface area (TPSA) is 87.7 Å². The molecule has 0 spiro atoms. The van der Waals surface area contributed by atoms with Crippen LogP contribution in [-0.2, 0) is 11.2 Å². The summed E-state index contributed by atoms with van der Waals surface area (Å²) in [4.78, 5) is 35.8. The highest BCUT2D eigenvalue weighted by Crippen LogP contribution is 2.15. The van der Waals surface area contributed by atoms with Crippen LogP contribution in [0.5, 0.6) is 0 Å². The van der Waals surface area contributed by atoms with E-state index in [0.717, 1.165) is 11.4 Å². The van der Waals surface area contributed by atoms with Gasteiger partial charge in [-0.1, -0.05) is 19.3 Å². The maximum absolute atomic E-state index is 13.4. The Kier molecular flexibility index (Phi) is 6.36. The maximum Gasteiger partial charge on any atom is 0.252 e. The van der Waals surface area contributed by atoms with Crippen LogP contribution in [0.15, 0.2) is 35.3 Å². The maximum atomic E-state index is 13.4. The first kappa shape index (κ1) is 20.6. The fraction of sp³-hybridized carbons (Fsp3) is 0.364. The number of rotatable bonds is 4. The molecule has 0 unspecified atom stereocenters. The number of hydrogen-bond acceptors (Lipinski definition) is 4. The van der Waals surface area contributed by atoms with E-state index in [-0.39, 0.29) is 32.3 Å². The monoisotopic (exact) mass is 400 g/mol. The predicted octanol–water partition coefficient (Wildman–Crippen LogP) is 4.16. The zero-order valence-corrected chi connectivity index (χ0v) is 16.9. The molecule has 0 bridgehead atoms. The van der Waals surface area contributed by atoms with Crippen molar-refractivity contribution in [1.29, 1.82) is 0 Å². The van der Waals surface area contributed by atoms with Crippen LogP contribution < -0.4 is 10.9 Å². The molecular formula is C22H29FN4O2. The minimum atomic E-state index is -0.401. The zero-order chi connectivity index (χ0) is 21.0. The largest absolute Gasteiger partial charge is 0.348 e. The van der Waals surface area contributed by atoms with Gasteiger partial charge in [0.15, 0.2) is 0 Å². The van der Waals surface area contributed by atoms with Crippen LogP contribution in [0.4, 0.5) is 4.39 Å². The van der Waals surface area contributed by atoms with Crippen molar-refractivity contribution < 1.29 is 12.0 Å². The van der Waals surface area contributed by atoms with Gasteiger partial charge in [0, 0.05) is 25.5 Å². The first-order valence-electron chi connectivity index (χ1n) is 9.74.